The summed E-state index contributed by atoms with van der Waals surface area (Å²) >= 11 is 0. The van der Waals surface area contributed by atoms with Crippen LogP contribution < -0.4 is 5.06 Å². The third-order valence-electron chi connectivity index (χ3n) is 3.62. The molecule has 2 aromatic carbocycles. The maximum absolute atomic E-state index is 10.5. The molecule has 0 fully saturated rings. The summed E-state index contributed by atoms with van der Waals surface area (Å²) in [6.07, 6.45) is 0.504. The highest BCUT2D eigenvalue weighted by atomic mass is 16.5. The zero-order chi connectivity index (χ0) is 16.2. The molecule has 0 saturated heterocycles. The second-order valence-corrected chi connectivity index (χ2v) is 6.02. The van der Waals surface area contributed by atoms with Gasteiger partial charge in [0.25, 0.3) is 5.69 Å². The van der Waals surface area contributed by atoms with Crippen molar-refractivity contribution in [3.05, 3.63) is 60.7 Å². The summed E-state index contributed by atoms with van der Waals surface area (Å²) in [7, 11) is 0. The molecule has 0 heterocycles. The van der Waals surface area contributed by atoms with Crippen molar-refractivity contribution in [2.45, 2.75) is 32.7 Å². The summed E-state index contributed by atoms with van der Waals surface area (Å²) in [6.45, 7) is 5.72. The lowest BCUT2D eigenvalue weighted by atomic mass is 9.96. The van der Waals surface area contributed by atoms with Crippen molar-refractivity contribution in [3.8, 4) is 0 Å². The number of hydrogen-bond donors (Lipinski definition) is 2. The molecule has 116 valence electrons. The van der Waals surface area contributed by atoms with E-state index in [1.807, 2.05) is 81.4 Å². The quantitative estimate of drug-likeness (QED) is 0.375. The van der Waals surface area contributed by atoms with Crippen molar-refractivity contribution >= 4 is 17.1 Å². The molecule has 0 saturated carbocycles. The lowest BCUT2D eigenvalue weighted by Crippen LogP contribution is -2.44. The fourth-order valence-corrected chi connectivity index (χ4v) is 2.48. The van der Waals surface area contributed by atoms with Crippen molar-refractivity contribution in [2.75, 3.05) is 5.06 Å². The largest absolute Gasteiger partial charge is 0.288 e. The maximum atomic E-state index is 10.5. The molecular formula is C18H23N2O2+. The second-order valence-electron chi connectivity index (χ2n) is 6.02. The topological polar surface area (TPSA) is 46.7 Å². The van der Waals surface area contributed by atoms with E-state index in [0.717, 1.165) is 11.4 Å². The molecule has 0 amide bonds. The van der Waals surface area contributed by atoms with E-state index in [4.69, 9.17) is 0 Å². The van der Waals surface area contributed by atoms with Crippen LogP contribution in [0.4, 0.5) is 11.4 Å². The molecule has 0 spiro atoms. The second kappa shape index (κ2) is 6.62. The van der Waals surface area contributed by atoms with E-state index in [1.165, 1.54) is 9.80 Å². The summed E-state index contributed by atoms with van der Waals surface area (Å²) in [4.78, 5) is 0. The van der Waals surface area contributed by atoms with E-state index in [-0.39, 0.29) is 0 Å². The minimum Gasteiger partial charge on any atom is -0.288 e. The van der Waals surface area contributed by atoms with Crippen molar-refractivity contribution in [2.24, 2.45) is 0 Å². The molecule has 0 aromatic heterocycles. The Balaban J connectivity index is 2.21. The average molecular weight is 299 g/mol. The van der Waals surface area contributed by atoms with Crippen molar-refractivity contribution in [3.63, 3.8) is 0 Å². The van der Waals surface area contributed by atoms with Gasteiger partial charge in [-0.2, -0.15) is 0 Å². The standard InChI is InChI=1S/C18H23N2O2/c1-15(19(21)16-10-6-4-7-11-16)14-18(2,3)20(22)17-12-8-5-9-13-17/h4-13,21-22H,14H2,1-3H3/q+1. The van der Waals surface area contributed by atoms with E-state index in [1.54, 1.807) is 0 Å². The van der Waals surface area contributed by atoms with Gasteiger partial charge in [0.05, 0.1) is 17.6 Å². The summed E-state index contributed by atoms with van der Waals surface area (Å²) in [6, 6.07) is 18.7. The van der Waals surface area contributed by atoms with Crippen LogP contribution in [-0.2, 0) is 0 Å². The first kappa shape index (κ1) is 16.0. The van der Waals surface area contributed by atoms with Crippen LogP contribution in [0.5, 0.6) is 0 Å². The van der Waals surface area contributed by atoms with Gasteiger partial charge in [0, 0.05) is 23.8 Å². The van der Waals surface area contributed by atoms with Crippen LogP contribution in [0.3, 0.4) is 0 Å². The molecular weight excluding hydrogens is 276 g/mol. The number of anilines is 1. The average Bonchev–Trinajstić information content (AvgIpc) is 2.54. The van der Waals surface area contributed by atoms with Gasteiger partial charge in [-0.1, -0.05) is 36.4 Å². The molecule has 2 rings (SSSR count). The fraction of sp³-hybridized carbons (Fsp3) is 0.278. The van der Waals surface area contributed by atoms with Crippen LogP contribution in [0.2, 0.25) is 0 Å². The lowest BCUT2D eigenvalue weighted by molar-refractivity contribution is -0.714. The predicted molar refractivity (Wildman–Crippen MR) is 88.2 cm³/mol. The molecule has 0 radical (unpaired) electrons. The molecule has 2 N–H and O–H groups in total. The first-order valence-electron chi connectivity index (χ1n) is 7.32. The Morgan fingerprint density at radius 2 is 1.50 bits per heavy atom. The molecule has 4 nitrogen and oxygen atoms in total. The number of hydrogen-bond acceptors (Lipinski definition) is 3. The van der Waals surface area contributed by atoms with Gasteiger partial charge in [0.1, 0.15) is 0 Å². The van der Waals surface area contributed by atoms with Crippen molar-refractivity contribution < 1.29 is 15.2 Å². The van der Waals surface area contributed by atoms with Crippen molar-refractivity contribution in [1.29, 1.82) is 0 Å². The van der Waals surface area contributed by atoms with E-state index < -0.39 is 5.54 Å². The first-order chi connectivity index (χ1) is 10.4. The number of para-hydroxylation sites is 2. The van der Waals surface area contributed by atoms with Gasteiger partial charge in [-0.25, -0.2) is 0 Å². The predicted octanol–water partition coefficient (Wildman–Crippen LogP) is 4.25. The summed E-state index contributed by atoms with van der Waals surface area (Å²) in [5.74, 6) is 0. The van der Waals surface area contributed by atoms with Crippen LogP contribution in [0.15, 0.2) is 60.7 Å². The molecule has 0 aliphatic rings. The Bertz CT molecular complexity index is 637. The Kier molecular flexibility index (Phi) is 4.83. The van der Waals surface area contributed by atoms with E-state index in [9.17, 15) is 10.4 Å². The van der Waals surface area contributed by atoms with Gasteiger partial charge < -0.3 is 0 Å². The highest BCUT2D eigenvalue weighted by Crippen LogP contribution is 2.25. The van der Waals surface area contributed by atoms with Crippen LogP contribution in [0.1, 0.15) is 27.2 Å². The highest BCUT2D eigenvalue weighted by molar-refractivity contribution is 5.79. The van der Waals surface area contributed by atoms with Crippen LogP contribution in [-0.4, -0.2) is 26.4 Å². The number of hydroxylamine groups is 1. The van der Waals surface area contributed by atoms with Crippen molar-refractivity contribution in [1.82, 2.24) is 0 Å². The molecule has 0 atom stereocenters. The summed E-state index contributed by atoms with van der Waals surface area (Å²) in [5, 5.41) is 22.0. The van der Waals surface area contributed by atoms with Gasteiger partial charge in [0.15, 0.2) is 0 Å². The minimum atomic E-state index is -0.554. The normalized spacial score (nSPS) is 12.7. The number of rotatable bonds is 5. The number of nitrogens with zero attached hydrogens (tertiary/aromatic N) is 2. The summed E-state index contributed by atoms with van der Waals surface area (Å²) < 4.78 is 1.17. The molecule has 0 unspecified atom stereocenters. The smallest absolute Gasteiger partial charge is 0.257 e. The Morgan fingerprint density at radius 3 is 2.05 bits per heavy atom. The van der Waals surface area contributed by atoms with E-state index in [0.29, 0.717) is 12.1 Å². The van der Waals surface area contributed by atoms with Gasteiger partial charge in [-0.05, 0) is 26.0 Å². The lowest BCUT2D eigenvalue weighted by Gasteiger charge is -2.34. The molecule has 2 aromatic rings. The summed E-state index contributed by atoms with van der Waals surface area (Å²) in [5.41, 5.74) is 1.64. The van der Waals surface area contributed by atoms with Crippen LogP contribution in [0, 0.1) is 0 Å². The highest BCUT2D eigenvalue weighted by Gasteiger charge is 2.31. The Hall–Kier alpha value is -2.33. The Morgan fingerprint density at radius 1 is 1.00 bits per heavy atom. The van der Waals surface area contributed by atoms with Crippen LogP contribution in [0.25, 0.3) is 0 Å². The van der Waals surface area contributed by atoms with Gasteiger partial charge in [0.2, 0.25) is 5.71 Å². The SMILES string of the molecule is CC(CC(C)(C)N(O)c1ccccc1)=[N+](O)c1ccccc1. The molecule has 0 aliphatic heterocycles. The zero-order valence-corrected chi connectivity index (χ0v) is 13.3. The first-order valence-corrected chi connectivity index (χ1v) is 7.32. The molecule has 22 heavy (non-hydrogen) atoms. The third-order valence-corrected chi connectivity index (χ3v) is 3.62. The van der Waals surface area contributed by atoms with Gasteiger partial charge in [-0.3, -0.25) is 15.5 Å². The van der Waals surface area contributed by atoms with E-state index >= 15 is 0 Å². The van der Waals surface area contributed by atoms with Gasteiger partial charge >= 0.3 is 0 Å². The van der Waals surface area contributed by atoms with Crippen LogP contribution >= 0.6 is 0 Å². The molecule has 0 aliphatic carbocycles. The fourth-order valence-electron chi connectivity index (χ4n) is 2.48. The van der Waals surface area contributed by atoms with E-state index in [2.05, 4.69) is 0 Å². The maximum Gasteiger partial charge on any atom is 0.257 e. The molecule has 0 bridgehead atoms. The Labute approximate surface area is 131 Å². The number of benzene rings is 2. The zero-order valence-electron chi connectivity index (χ0n) is 13.3. The van der Waals surface area contributed by atoms with Gasteiger partial charge in [-0.15, -0.1) is 0 Å². The minimum absolute atomic E-state index is 0.504. The monoisotopic (exact) mass is 299 g/mol. The third kappa shape index (κ3) is 3.65. The molecule has 4 heteroatoms.